The van der Waals surface area contributed by atoms with Crippen molar-refractivity contribution in [3.05, 3.63) is 98.0 Å². The van der Waals surface area contributed by atoms with Gasteiger partial charge in [0.25, 0.3) is 11.6 Å². The first-order chi connectivity index (χ1) is 15.0. The predicted octanol–water partition coefficient (Wildman–Crippen LogP) is 4.71. The molecule has 158 valence electrons. The second kappa shape index (κ2) is 10.4. The van der Waals surface area contributed by atoms with Gasteiger partial charge in [-0.15, -0.1) is 0 Å². The fraction of sp³-hybridized carbons (Fsp3) is 0.0909. The van der Waals surface area contributed by atoms with Crippen LogP contribution in [-0.4, -0.2) is 24.2 Å². The number of benzene rings is 3. The van der Waals surface area contributed by atoms with Crippen LogP contribution in [0.1, 0.15) is 21.5 Å². The molecule has 3 rings (SSSR count). The van der Waals surface area contributed by atoms with Crippen molar-refractivity contribution in [2.75, 3.05) is 7.11 Å². The van der Waals surface area contributed by atoms with Crippen molar-refractivity contribution in [2.24, 2.45) is 5.10 Å². The molecule has 1 amide bonds. The van der Waals surface area contributed by atoms with Gasteiger partial charge in [0, 0.05) is 16.6 Å². The van der Waals surface area contributed by atoms with Gasteiger partial charge in [-0.3, -0.25) is 14.9 Å². The Labute approximate surface area is 186 Å². The van der Waals surface area contributed by atoms with Gasteiger partial charge in [-0.05, 0) is 41.5 Å². The van der Waals surface area contributed by atoms with Crippen LogP contribution in [-0.2, 0) is 6.61 Å². The van der Waals surface area contributed by atoms with E-state index in [1.54, 1.807) is 12.1 Å². The van der Waals surface area contributed by atoms with Gasteiger partial charge in [0.15, 0.2) is 0 Å². The third-order valence-corrected chi connectivity index (χ3v) is 4.72. The highest BCUT2D eigenvalue weighted by molar-refractivity contribution is 9.10. The van der Waals surface area contributed by atoms with Gasteiger partial charge in [0.2, 0.25) is 0 Å². The third kappa shape index (κ3) is 6.13. The molecule has 0 saturated carbocycles. The molecule has 3 aromatic carbocycles. The van der Waals surface area contributed by atoms with Crippen LogP contribution in [0.15, 0.2) is 76.3 Å². The van der Waals surface area contributed by atoms with E-state index in [1.807, 2.05) is 36.4 Å². The Balaban J connectivity index is 1.64. The minimum absolute atomic E-state index is 0.0143. The van der Waals surface area contributed by atoms with Crippen LogP contribution in [0.4, 0.5) is 5.69 Å². The highest BCUT2D eigenvalue weighted by Gasteiger charge is 2.17. The number of non-ortho nitro benzene ring substituents is 1. The zero-order chi connectivity index (χ0) is 22.2. The molecular formula is C22H18BrN3O5. The molecule has 0 aliphatic carbocycles. The fourth-order valence-corrected chi connectivity index (χ4v) is 2.91. The highest BCUT2D eigenvalue weighted by Crippen LogP contribution is 2.24. The number of hydrogen-bond acceptors (Lipinski definition) is 6. The number of nitro groups is 1. The Bertz CT molecular complexity index is 1120. The van der Waals surface area contributed by atoms with E-state index in [2.05, 4.69) is 26.5 Å². The molecule has 0 spiro atoms. The number of carbonyl (C=O) groups is 1. The third-order valence-electron chi connectivity index (χ3n) is 4.20. The maximum atomic E-state index is 12.4. The average molecular weight is 484 g/mol. The van der Waals surface area contributed by atoms with Crippen LogP contribution < -0.4 is 14.9 Å². The molecule has 3 aromatic rings. The average Bonchev–Trinajstić information content (AvgIpc) is 2.78. The number of hydrazone groups is 1. The summed E-state index contributed by atoms with van der Waals surface area (Å²) in [5.74, 6) is 0.236. The Morgan fingerprint density at radius 1 is 1.16 bits per heavy atom. The summed E-state index contributed by atoms with van der Waals surface area (Å²) in [6, 6.07) is 18.8. The van der Waals surface area contributed by atoms with Crippen LogP contribution in [0.3, 0.4) is 0 Å². The van der Waals surface area contributed by atoms with Gasteiger partial charge in [-0.25, -0.2) is 5.43 Å². The first-order valence-electron chi connectivity index (χ1n) is 9.09. The number of halogens is 1. The van der Waals surface area contributed by atoms with Crippen LogP contribution in [0.5, 0.6) is 11.5 Å². The van der Waals surface area contributed by atoms with Crippen molar-refractivity contribution in [3.8, 4) is 11.5 Å². The highest BCUT2D eigenvalue weighted by atomic mass is 79.9. The van der Waals surface area contributed by atoms with Crippen LogP contribution in [0.2, 0.25) is 0 Å². The van der Waals surface area contributed by atoms with Crippen molar-refractivity contribution in [3.63, 3.8) is 0 Å². The number of methoxy groups -OCH3 is 1. The molecule has 0 unspecified atom stereocenters. The Morgan fingerprint density at radius 3 is 2.65 bits per heavy atom. The quantitative estimate of drug-likeness (QED) is 0.284. The van der Waals surface area contributed by atoms with Gasteiger partial charge in [-0.2, -0.15) is 5.10 Å². The minimum Gasteiger partial charge on any atom is -0.496 e. The van der Waals surface area contributed by atoms with Crippen LogP contribution in [0.25, 0.3) is 0 Å². The summed E-state index contributed by atoms with van der Waals surface area (Å²) in [6.07, 6.45) is 1.45. The molecular weight excluding hydrogens is 466 g/mol. The lowest BCUT2D eigenvalue weighted by Crippen LogP contribution is -2.18. The maximum Gasteiger partial charge on any atom is 0.275 e. The van der Waals surface area contributed by atoms with Crippen molar-refractivity contribution in [1.29, 1.82) is 0 Å². The van der Waals surface area contributed by atoms with Crippen molar-refractivity contribution in [2.45, 2.75) is 6.61 Å². The molecule has 1 N–H and O–H groups in total. The molecule has 0 atom stereocenters. The zero-order valence-electron chi connectivity index (χ0n) is 16.4. The van der Waals surface area contributed by atoms with Gasteiger partial charge in [0.05, 0.1) is 23.8 Å². The summed E-state index contributed by atoms with van der Waals surface area (Å²) in [6.45, 7) is 0.414. The second-order valence-corrected chi connectivity index (χ2v) is 7.24. The Hall–Kier alpha value is -3.72. The van der Waals surface area contributed by atoms with Crippen molar-refractivity contribution >= 4 is 33.7 Å². The van der Waals surface area contributed by atoms with Crippen molar-refractivity contribution < 1.29 is 19.2 Å². The molecule has 31 heavy (non-hydrogen) atoms. The molecule has 0 heterocycles. The monoisotopic (exact) mass is 483 g/mol. The van der Waals surface area contributed by atoms with Gasteiger partial charge >= 0.3 is 0 Å². The molecule has 0 aliphatic rings. The maximum absolute atomic E-state index is 12.4. The van der Waals surface area contributed by atoms with E-state index < -0.39 is 10.8 Å². The number of rotatable bonds is 8. The molecule has 0 bridgehead atoms. The SMILES string of the molecule is COc1ccc([N+](=O)[O-])cc1C(=O)N/N=C\c1cccc(OCc2ccc(Br)cc2)c1. The first-order valence-corrected chi connectivity index (χ1v) is 9.88. The fourth-order valence-electron chi connectivity index (χ4n) is 2.64. The van der Waals surface area contributed by atoms with E-state index in [0.29, 0.717) is 17.9 Å². The van der Waals surface area contributed by atoms with Gasteiger partial charge < -0.3 is 9.47 Å². The lowest BCUT2D eigenvalue weighted by atomic mass is 10.1. The number of nitrogens with zero attached hydrogens (tertiary/aromatic N) is 2. The van der Waals surface area contributed by atoms with Gasteiger partial charge in [-0.1, -0.05) is 40.2 Å². The van der Waals surface area contributed by atoms with E-state index in [0.717, 1.165) is 16.1 Å². The summed E-state index contributed by atoms with van der Waals surface area (Å²) in [7, 11) is 1.38. The van der Waals surface area contributed by atoms with Gasteiger partial charge in [0.1, 0.15) is 18.1 Å². The zero-order valence-corrected chi connectivity index (χ0v) is 18.0. The number of hydrogen-bond donors (Lipinski definition) is 1. The predicted molar refractivity (Wildman–Crippen MR) is 120 cm³/mol. The molecule has 0 aliphatic heterocycles. The van der Waals surface area contributed by atoms with E-state index in [1.165, 1.54) is 25.5 Å². The molecule has 9 heteroatoms. The van der Waals surface area contributed by atoms with Crippen LogP contribution >= 0.6 is 15.9 Å². The van der Waals surface area contributed by atoms with E-state index in [4.69, 9.17) is 9.47 Å². The number of nitro benzene ring substituents is 1. The number of carbonyl (C=O) groups excluding carboxylic acids is 1. The lowest BCUT2D eigenvalue weighted by Gasteiger charge is -2.07. The topological polar surface area (TPSA) is 103 Å². The summed E-state index contributed by atoms with van der Waals surface area (Å²) < 4.78 is 11.9. The first kappa shape index (κ1) is 22.0. The summed E-state index contributed by atoms with van der Waals surface area (Å²) in [5.41, 5.74) is 3.89. The Kier molecular flexibility index (Phi) is 7.34. The summed E-state index contributed by atoms with van der Waals surface area (Å²) in [5, 5.41) is 14.9. The standard InChI is InChI=1S/C22H18BrN3O5/c1-30-21-10-9-18(26(28)29)12-20(21)22(27)25-24-13-16-3-2-4-19(11-16)31-14-15-5-7-17(23)8-6-15/h2-13H,14H2,1H3,(H,25,27)/b24-13-. The second-order valence-electron chi connectivity index (χ2n) is 6.33. The minimum atomic E-state index is -0.626. The number of ether oxygens (including phenoxy) is 2. The molecule has 0 aromatic heterocycles. The smallest absolute Gasteiger partial charge is 0.275 e. The van der Waals surface area contributed by atoms with Crippen LogP contribution in [0, 0.1) is 10.1 Å². The normalized spacial score (nSPS) is 10.6. The Morgan fingerprint density at radius 2 is 1.94 bits per heavy atom. The summed E-state index contributed by atoms with van der Waals surface area (Å²) in [4.78, 5) is 22.8. The molecule has 0 saturated heterocycles. The van der Waals surface area contributed by atoms with E-state index in [-0.39, 0.29) is 17.0 Å². The molecule has 0 radical (unpaired) electrons. The summed E-state index contributed by atoms with van der Waals surface area (Å²) >= 11 is 3.40. The molecule has 0 fully saturated rings. The van der Waals surface area contributed by atoms with E-state index >= 15 is 0 Å². The van der Waals surface area contributed by atoms with Crippen molar-refractivity contribution in [1.82, 2.24) is 5.43 Å². The number of amides is 1. The lowest BCUT2D eigenvalue weighted by molar-refractivity contribution is -0.384. The number of nitrogens with one attached hydrogen (secondary N) is 1. The molecule has 8 nitrogen and oxygen atoms in total. The largest absolute Gasteiger partial charge is 0.496 e. The van der Waals surface area contributed by atoms with E-state index in [9.17, 15) is 14.9 Å².